The Kier molecular flexibility index (Phi) is 4.78. The molecule has 0 saturated carbocycles. The van der Waals surface area contributed by atoms with Gasteiger partial charge in [0.25, 0.3) is 0 Å². The van der Waals surface area contributed by atoms with E-state index in [1.54, 1.807) is 26.5 Å². The first-order chi connectivity index (χ1) is 8.85. The third kappa shape index (κ3) is 3.11. The zero-order chi connectivity index (χ0) is 12.8. The number of nitrogens with one attached hydrogen (secondary N) is 1. The number of hydrogen-bond acceptors (Lipinski definition) is 5. The molecule has 1 aromatic heterocycles. The molecule has 0 aromatic carbocycles. The summed E-state index contributed by atoms with van der Waals surface area (Å²) >= 11 is 0. The zero-order valence-corrected chi connectivity index (χ0v) is 10.9. The highest BCUT2D eigenvalue weighted by Crippen LogP contribution is 2.29. The van der Waals surface area contributed by atoms with Crippen molar-refractivity contribution in [3.05, 3.63) is 18.0 Å². The van der Waals surface area contributed by atoms with E-state index in [0.29, 0.717) is 30.8 Å². The molecule has 1 N–H and O–H groups in total. The van der Waals surface area contributed by atoms with Crippen molar-refractivity contribution in [3.8, 4) is 11.5 Å². The van der Waals surface area contributed by atoms with E-state index in [-0.39, 0.29) is 0 Å². The normalized spacial score (nSPS) is 18.9. The molecule has 2 heterocycles. The summed E-state index contributed by atoms with van der Waals surface area (Å²) < 4.78 is 16.2. The molecule has 5 nitrogen and oxygen atoms in total. The molecule has 1 unspecified atom stereocenters. The lowest BCUT2D eigenvalue weighted by atomic mass is 10.2. The number of nitrogens with zero attached hydrogens (tertiary/aromatic N) is 1. The van der Waals surface area contributed by atoms with E-state index in [4.69, 9.17) is 14.2 Å². The third-order valence-electron chi connectivity index (χ3n) is 3.09. The molecule has 18 heavy (non-hydrogen) atoms. The van der Waals surface area contributed by atoms with Gasteiger partial charge in [-0.1, -0.05) is 0 Å². The second-order valence-corrected chi connectivity index (χ2v) is 4.30. The molecular weight excluding hydrogens is 232 g/mol. The van der Waals surface area contributed by atoms with Crippen LogP contribution in [0.25, 0.3) is 0 Å². The summed E-state index contributed by atoms with van der Waals surface area (Å²) in [4.78, 5) is 4.27. The number of aromatic nitrogens is 1. The Morgan fingerprint density at radius 3 is 2.94 bits per heavy atom. The van der Waals surface area contributed by atoms with E-state index in [9.17, 15) is 0 Å². The van der Waals surface area contributed by atoms with Gasteiger partial charge in [0, 0.05) is 18.3 Å². The second-order valence-electron chi connectivity index (χ2n) is 4.30. The minimum absolute atomic E-state index is 0.443. The highest BCUT2D eigenvalue weighted by molar-refractivity contribution is 5.42. The molecule has 1 aliphatic rings. The van der Waals surface area contributed by atoms with Crippen LogP contribution >= 0.6 is 0 Å². The lowest BCUT2D eigenvalue weighted by Crippen LogP contribution is -2.26. The first-order valence-electron chi connectivity index (χ1n) is 6.22. The third-order valence-corrected chi connectivity index (χ3v) is 3.09. The molecule has 0 radical (unpaired) electrons. The van der Waals surface area contributed by atoms with Gasteiger partial charge >= 0.3 is 0 Å². The fourth-order valence-corrected chi connectivity index (χ4v) is 2.15. The minimum Gasteiger partial charge on any atom is -0.493 e. The van der Waals surface area contributed by atoms with Gasteiger partial charge in [0.2, 0.25) is 0 Å². The Labute approximate surface area is 107 Å². The Hall–Kier alpha value is -1.33. The molecule has 5 heteroatoms. The van der Waals surface area contributed by atoms with Crippen LogP contribution in [0.4, 0.5) is 0 Å². The summed E-state index contributed by atoms with van der Waals surface area (Å²) in [5, 5.41) is 3.39. The van der Waals surface area contributed by atoms with E-state index >= 15 is 0 Å². The van der Waals surface area contributed by atoms with Crippen molar-refractivity contribution in [2.24, 2.45) is 0 Å². The molecule has 1 aromatic rings. The van der Waals surface area contributed by atoms with Gasteiger partial charge in [0.05, 0.1) is 27.4 Å². The summed E-state index contributed by atoms with van der Waals surface area (Å²) in [6, 6.07) is 2.25. The number of ether oxygens (including phenoxy) is 3. The van der Waals surface area contributed by atoms with Gasteiger partial charge in [0.1, 0.15) is 5.69 Å². The first-order valence-corrected chi connectivity index (χ1v) is 6.22. The number of rotatable bonds is 6. The van der Waals surface area contributed by atoms with E-state index in [1.165, 1.54) is 12.8 Å². The summed E-state index contributed by atoms with van der Waals surface area (Å²) in [6.45, 7) is 2.25. The summed E-state index contributed by atoms with van der Waals surface area (Å²) in [5.41, 5.74) is 0.773. The van der Waals surface area contributed by atoms with E-state index in [0.717, 1.165) is 12.2 Å². The molecule has 1 aliphatic heterocycles. The quantitative estimate of drug-likeness (QED) is 0.828. The van der Waals surface area contributed by atoms with E-state index in [1.807, 2.05) is 0 Å². The van der Waals surface area contributed by atoms with Gasteiger partial charge in [-0.15, -0.1) is 0 Å². The SMILES string of the molecule is COc1ccnc(COCC2CCCN2)c1OC. The fraction of sp³-hybridized carbons (Fsp3) is 0.615. The van der Waals surface area contributed by atoms with Gasteiger partial charge < -0.3 is 19.5 Å². The zero-order valence-electron chi connectivity index (χ0n) is 10.9. The van der Waals surface area contributed by atoms with Crippen LogP contribution in [0.1, 0.15) is 18.5 Å². The maximum Gasteiger partial charge on any atom is 0.184 e. The van der Waals surface area contributed by atoms with Crippen LogP contribution in [0, 0.1) is 0 Å². The number of hydrogen-bond donors (Lipinski definition) is 1. The highest BCUT2D eigenvalue weighted by atomic mass is 16.5. The number of methoxy groups -OCH3 is 2. The van der Waals surface area contributed by atoms with Crippen molar-refractivity contribution >= 4 is 0 Å². The van der Waals surface area contributed by atoms with Crippen molar-refractivity contribution < 1.29 is 14.2 Å². The molecular formula is C13H20N2O3. The Balaban J connectivity index is 1.91. The van der Waals surface area contributed by atoms with Crippen LogP contribution in [-0.4, -0.2) is 38.4 Å². The number of pyridine rings is 1. The average Bonchev–Trinajstić information content (AvgIpc) is 2.91. The Morgan fingerprint density at radius 2 is 2.28 bits per heavy atom. The molecule has 0 aliphatic carbocycles. The van der Waals surface area contributed by atoms with Gasteiger partial charge in [0.15, 0.2) is 11.5 Å². The van der Waals surface area contributed by atoms with Crippen LogP contribution in [0.5, 0.6) is 11.5 Å². The molecule has 1 saturated heterocycles. The van der Waals surface area contributed by atoms with Gasteiger partial charge in [-0.05, 0) is 19.4 Å². The Bertz CT molecular complexity index is 378. The lowest BCUT2D eigenvalue weighted by molar-refractivity contribution is 0.0988. The molecule has 1 atom stereocenters. The van der Waals surface area contributed by atoms with Crippen molar-refractivity contribution in [1.82, 2.24) is 10.3 Å². The summed E-state index contributed by atoms with van der Waals surface area (Å²) in [7, 11) is 3.23. The van der Waals surface area contributed by atoms with Crippen molar-refractivity contribution in [1.29, 1.82) is 0 Å². The fourth-order valence-electron chi connectivity index (χ4n) is 2.15. The van der Waals surface area contributed by atoms with Crippen molar-refractivity contribution in [3.63, 3.8) is 0 Å². The predicted octanol–water partition coefficient (Wildman–Crippen LogP) is 1.37. The minimum atomic E-state index is 0.443. The average molecular weight is 252 g/mol. The standard InChI is InChI=1S/C13H20N2O3/c1-16-12-5-7-15-11(13(12)17-2)9-18-8-10-4-3-6-14-10/h5,7,10,14H,3-4,6,8-9H2,1-2H3. The molecule has 0 bridgehead atoms. The first kappa shape index (κ1) is 13.1. The molecule has 0 amide bonds. The van der Waals surface area contributed by atoms with Crippen LogP contribution in [0.15, 0.2) is 12.3 Å². The maximum absolute atomic E-state index is 5.69. The van der Waals surface area contributed by atoms with Crippen molar-refractivity contribution in [2.75, 3.05) is 27.4 Å². The maximum atomic E-state index is 5.69. The van der Waals surface area contributed by atoms with Gasteiger partial charge in [-0.25, -0.2) is 0 Å². The summed E-state index contributed by atoms with van der Waals surface area (Å²) in [6.07, 6.45) is 4.12. The van der Waals surface area contributed by atoms with Crippen LogP contribution in [0.2, 0.25) is 0 Å². The molecule has 2 rings (SSSR count). The topological polar surface area (TPSA) is 52.6 Å². The Morgan fingerprint density at radius 1 is 1.39 bits per heavy atom. The predicted molar refractivity (Wildman–Crippen MR) is 68.0 cm³/mol. The molecule has 1 fully saturated rings. The molecule has 0 spiro atoms. The highest BCUT2D eigenvalue weighted by Gasteiger charge is 2.15. The van der Waals surface area contributed by atoms with E-state index < -0.39 is 0 Å². The second kappa shape index (κ2) is 6.56. The van der Waals surface area contributed by atoms with Crippen LogP contribution < -0.4 is 14.8 Å². The lowest BCUT2D eigenvalue weighted by Gasteiger charge is -2.13. The van der Waals surface area contributed by atoms with Crippen LogP contribution in [-0.2, 0) is 11.3 Å². The largest absolute Gasteiger partial charge is 0.493 e. The van der Waals surface area contributed by atoms with E-state index in [2.05, 4.69) is 10.3 Å². The van der Waals surface area contributed by atoms with Crippen molar-refractivity contribution in [2.45, 2.75) is 25.5 Å². The van der Waals surface area contributed by atoms with Gasteiger partial charge in [-0.3, -0.25) is 4.98 Å². The van der Waals surface area contributed by atoms with Crippen LogP contribution in [0.3, 0.4) is 0 Å². The molecule has 100 valence electrons. The smallest absolute Gasteiger partial charge is 0.184 e. The summed E-state index contributed by atoms with van der Waals surface area (Å²) in [5.74, 6) is 1.34. The van der Waals surface area contributed by atoms with Gasteiger partial charge in [-0.2, -0.15) is 0 Å². The monoisotopic (exact) mass is 252 g/mol.